The fourth-order valence-corrected chi connectivity index (χ4v) is 4.09. The molecule has 3 nitrogen and oxygen atoms in total. The van der Waals surface area contributed by atoms with Crippen molar-refractivity contribution in [3.63, 3.8) is 0 Å². The first-order valence-corrected chi connectivity index (χ1v) is 8.24. The van der Waals surface area contributed by atoms with Gasteiger partial charge in [-0.1, -0.05) is 24.1 Å². The average molecular weight is 358 g/mol. The van der Waals surface area contributed by atoms with Crippen molar-refractivity contribution in [3.05, 3.63) is 33.3 Å². The lowest BCUT2D eigenvalue weighted by molar-refractivity contribution is 0.0783. The van der Waals surface area contributed by atoms with Gasteiger partial charge >= 0.3 is 0 Å². The van der Waals surface area contributed by atoms with Crippen LogP contribution in [0.15, 0.2) is 22.7 Å². The van der Waals surface area contributed by atoms with Crippen LogP contribution in [0.3, 0.4) is 0 Å². The molecule has 108 valence electrons. The number of hydrogen-bond donors (Lipinski definition) is 1. The molecule has 5 heteroatoms. The van der Waals surface area contributed by atoms with E-state index in [4.69, 9.17) is 17.3 Å². The van der Waals surface area contributed by atoms with Crippen LogP contribution in [0.5, 0.6) is 0 Å². The summed E-state index contributed by atoms with van der Waals surface area (Å²) in [6.45, 7) is 1.59. The summed E-state index contributed by atoms with van der Waals surface area (Å²) < 4.78 is 0.762. The minimum atomic E-state index is 0.0258. The number of halogens is 2. The van der Waals surface area contributed by atoms with Crippen molar-refractivity contribution in [1.82, 2.24) is 4.90 Å². The molecular weight excluding hydrogens is 340 g/mol. The summed E-state index contributed by atoms with van der Waals surface area (Å²) in [6.07, 6.45) is 3.46. The third kappa shape index (κ3) is 2.49. The van der Waals surface area contributed by atoms with Crippen molar-refractivity contribution >= 4 is 33.4 Å². The number of likely N-dealkylation sites (tertiary alicyclic amines) is 1. The van der Waals surface area contributed by atoms with Gasteiger partial charge in [0.05, 0.1) is 10.6 Å². The van der Waals surface area contributed by atoms with Gasteiger partial charge in [-0.2, -0.15) is 0 Å². The molecule has 1 saturated heterocycles. The van der Waals surface area contributed by atoms with Gasteiger partial charge in [-0.05, 0) is 52.7 Å². The van der Waals surface area contributed by atoms with E-state index in [9.17, 15) is 4.79 Å². The predicted molar refractivity (Wildman–Crippen MR) is 83.9 cm³/mol. The minimum Gasteiger partial charge on any atom is -0.338 e. The maximum absolute atomic E-state index is 12.6. The predicted octanol–water partition coefficient (Wildman–Crippen LogP) is 3.30. The van der Waals surface area contributed by atoms with Crippen LogP contribution in [0.25, 0.3) is 0 Å². The number of carbonyl (C=O) groups is 1. The summed E-state index contributed by atoms with van der Waals surface area (Å²) in [5.41, 5.74) is 6.78. The number of fused-ring (bicyclic) bond motifs is 1. The summed E-state index contributed by atoms with van der Waals surface area (Å²) in [7, 11) is 0. The first kappa shape index (κ1) is 14.4. The Kier molecular flexibility index (Phi) is 4.07. The second kappa shape index (κ2) is 5.66. The highest BCUT2D eigenvalue weighted by atomic mass is 79.9. The lowest BCUT2D eigenvalue weighted by Gasteiger charge is -2.29. The molecule has 0 aromatic heterocycles. The van der Waals surface area contributed by atoms with E-state index in [2.05, 4.69) is 15.9 Å². The van der Waals surface area contributed by atoms with Crippen molar-refractivity contribution < 1.29 is 4.79 Å². The zero-order chi connectivity index (χ0) is 14.3. The SMILES string of the molecule is NC1CCCC2CN(C(=O)c3cccc(Br)c3Cl)CC12. The van der Waals surface area contributed by atoms with Crippen molar-refractivity contribution in [2.75, 3.05) is 13.1 Å². The van der Waals surface area contributed by atoms with E-state index in [-0.39, 0.29) is 11.9 Å². The number of rotatable bonds is 1. The fraction of sp³-hybridized carbons (Fsp3) is 0.533. The van der Waals surface area contributed by atoms with Gasteiger partial charge in [0, 0.05) is 23.6 Å². The van der Waals surface area contributed by atoms with E-state index in [1.165, 1.54) is 12.8 Å². The largest absolute Gasteiger partial charge is 0.338 e. The fourth-order valence-electron chi connectivity index (χ4n) is 3.52. The van der Waals surface area contributed by atoms with E-state index in [1.807, 2.05) is 17.0 Å². The Labute approximate surface area is 132 Å². The van der Waals surface area contributed by atoms with Gasteiger partial charge in [0.25, 0.3) is 5.91 Å². The number of hydrogen-bond acceptors (Lipinski definition) is 2. The molecule has 3 rings (SSSR count). The Hall–Kier alpha value is -0.580. The van der Waals surface area contributed by atoms with Crippen molar-refractivity contribution in [2.24, 2.45) is 17.6 Å². The molecule has 0 spiro atoms. The normalized spacial score (nSPS) is 29.4. The molecule has 0 radical (unpaired) electrons. The van der Waals surface area contributed by atoms with Crippen LogP contribution < -0.4 is 5.73 Å². The zero-order valence-corrected chi connectivity index (χ0v) is 13.5. The molecule has 3 unspecified atom stereocenters. The number of nitrogens with zero attached hydrogens (tertiary/aromatic N) is 1. The van der Waals surface area contributed by atoms with Crippen LogP contribution in [0.2, 0.25) is 5.02 Å². The monoisotopic (exact) mass is 356 g/mol. The van der Waals surface area contributed by atoms with Crippen molar-refractivity contribution in [2.45, 2.75) is 25.3 Å². The van der Waals surface area contributed by atoms with Crippen LogP contribution in [0.4, 0.5) is 0 Å². The summed E-state index contributed by atoms with van der Waals surface area (Å²) in [6, 6.07) is 5.72. The molecule has 3 atom stereocenters. The molecule has 1 saturated carbocycles. The van der Waals surface area contributed by atoms with Gasteiger partial charge in [-0.25, -0.2) is 0 Å². The first-order valence-electron chi connectivity index (χ1n) is 7.07. The van der Waals surface area contributed by atoms with Crippen LogP contribution in [0, 0.1) is 11.8 Å². The van der Waals surface area contributed by atoms with Gasteiger partial charge in [-0.15, -0.1) is 0 Å². The lowest BCUT2D eigenvalue weighted by Crippen LogP contribution is -2.38. The number of amides is 1. The van der Waals surface area contributed by atoms with Crippen molar-refractivity contribution in [3.8, 4) is 0 Å². The lowest BCUT2D eigenvalue weighted by atomic mass is 9.78. The van der Waals surface area contributed by atoms with Crippen LogP contribution in [0.1, 0.15) is 29.6 Å². The summed E-state index contributed by atoms with van der Waals surface area (Å²) in [5, 5.41) is 0.497. The van der Waals surface area contributed by atoms with Gasteiger partial charge in [0.1, 0.15) is 0 Å². The summed E-state index contributed by atoms with van der Waals surface area (Å²) >= 11 is 9.60. The molecule has 1 heterocycles. The summed E-state index contributed by atoms with van der Waals surface area (Å²) in [4.78, 5) is 14.6. The molecule has 0 bridgehead atoms. The van der Waals surface area contributed by atoms with Gasteiger partial charge in [0.2, 0.25) is 0 Å². The molecule has 1 aromatic rings. The van der Waals surface area contributed by atoms with E-state index >= 15 is 0 Å². The highest BCUT2D eigenvalue weighted by Crippen LogP contribution is 2.37. The maximum atomic E-state index is 12.6. The summed E-state index contributed by atoms with van der Waals surface area (Å²) in [5.74, 6) is 1.05. The molecule has 2 aliphatic rings. The molecule has 2 N–H and O–H groups in total. The van der Waals surface area contributed by atoms with Gasteiger partial charge in [0.15, 0.2) is 0 Å². The van der Waals surface area contributed by atoms with E-state index in [0.29, 0.717) is 22.4 Å². The molecule has 20 heavy (non-hydrogen) atoms. The van der Waals surface area contributed by atoms with Crippen LogP contribution in [-0.2, 0) is 0 Å². The number of nitrogens with two attached hydrogens (primary N) is 1. The number of carbonyl (C=O) groups excluding carboxylic acids is 1. The Morgan fingerprint density at radius 1 is 1.35 bits per heavy atom. The topological polar surface area (TPSA) is 46.3 Å². The van der Waals surface area contributed by atoms with Gasteiger partial charge in [-0.3, -0.25) is 4.79 Å². The van der Waals surface area contributed by atoms with Crippen LogP contribution >= 0.6 is 27.5 Å². The molecule has 1 aliphatic carbocycles. The Morgan fingerprint density at radius 3 is 2.90 bits per heavy atom. The third-order valence-electron chi connectivity index (χ3n) is 4.62. The maximum Gasteiger partial charge on any atom is 0.255 e. The highest BCUT2D eigenvalue weighted by molar-refractivity contribution is 9.10. The Bertz CT molecular complexity index is 537. The van der Waals surface area contributed by atoms with E-state index in [0.717, 1.165) is 24.0 Å². The molecule has 2 fully saturated rings. The van der Waals surface area contributed by atoms with E-state index in [1.54, 1.807) is 6.07 Å². The van der Waals surface area contributed by atoms with Crippen molar-refractivity contribution in [1.29, 1.82) is 0 Å². The van der Waals surface area contributed by atoms with E-state index < -0.39 is 0 Å². The average Bonchev–Trinajstić information content (AvgIpc) is 2.87. The first-order chi connectivity index (χ1) is 9.58. The Balaban J connectivity index is 1.80. The minimum absolute atomic E-state index is 0.0258. The zero-order valence-electron chi connectivity index (χ0n) is 11.2. The quantitative estimate of drug-likeness (QED) is 0.838. The smallest absolute Gasteiger partial charge is 0.255 e. The Morgan fingerprint density at radius 2 is 2.15 bits per heavy atom. The number of benzene rings is 1. The molecule has 1 aliphatic heterocycles. The highest BCUT2D eigenvalue weighted by Gasteiger charge is 2.40. The third-order valence-corrected chi connectivity index (χ3v) is 5.92. The molecule has 1 amide bonds. The second-order valence-corrected chi connectivity index (χ2v) is 7.06. The van der Waals surface area contributed by atoms with Crippen LogP contribution in [-0.4, -0.2) is 29.9 Å². The molecule has 1 aromatic carbocycles. The second-order valence-electron chi connectivity index (χ2n) is 5.83. The standard InChI is InChI=1S/C15H18BrClN2O/c16-12-5-2-4-10(14(12)17)15(20)19-7-9-3-1-6-13(18)11(9)8-19/h2,4-5,9,11,13H,1,3,6-8,18H2. The van der Waals surface area contributed by atoms with Gasteiger partial charge < -0.3 is 10.6 Å². The molecular formula is C15H18BrClN2O.